The van der Waals surface area contributed by atoms with Crippen LogP contribution in [-0.4, -0.2) is 33.4 Å². The monoisotopic (exact) mass is 341 g/mol. The largest absolute Gasteiger partial charge is 0.394 e. The van der Waals surface area contributed by atoms with Crippen molar-refractivity contribution >= 4 is 29.1 Å². The Hall–Kier alpha value is -1.56. The van der Waals surface area contributed by atoms with Crippen LogP contribution in [0.3, 0.4) is 0 Å². The molecular weight excluding hydrogens is 325 g/mol. The number of rotatable bonds is 5. The Labute approximate surface area is 138 Å². The lowest BCUT2D eigenvalue weighted by atomic mass is 10.2. The first-order chi connectivity index (χ1) is 10.5. The van der Waals surface area contributed by atoms with E-state index in [9.17, 15) is 4.79 Å². The van der Waals surface area contributed by atoms with Crippen LogP contribution in [0.25, 0.3) is 5.69 Å². The molecule has 0 saturated heterocycles. The summed E-state index contributed by atoms with van der Waals surface area (Å²) >= 11 is 12.1. The molecule has 1 aromatic heterocycles. The highest BCUT2D eigenvalue weighted by Gasteiger charge is 2.17. The minimum Gasteiger partial charge on any atom is -0.394 e. The summed E-state index contributed by atoms with van der Waals surface area (Å²) in [6.07, 6.45) is 0.644. The Morgan fingerprint density at radius 1 is 1.41 bits per heavy atom. The van der Waals surface area contributed by atoms with E-state index in [0.717, 1.165) is 5.69 Å². The number of nitrogens with zero attached hydrogens (tertiary/aromatic N) is 2. The van der Waals surface area contributed by atoms with Gasteiger partial charge in [-0.1, -0.05) is 30.1 Å². The molecule has 7 heteroatoms. The van der Waals surface area contributed by atoms with Gasteiger partial charge < -0.3 is 10.4 Å². The molecule has 0 aliphatic carbocycles. The Bertz CT molecular complexity index is 681. The van der Waals surface area contributed by atoms with Crippen LogP contribution in [0.4, 0.5) is 0 Å². The van der Waals surface area contributed by atoms with Crippen molar-refractivity contribution in [1.82, 2.24) is 15.1 Å². The van der Waals surface area contributed by atoms with E-state index in [1.54, 1.807) is 28.9 Å². The van der Waals surface area contributed by atoms with Crippen molar-refractivity contribution in [1.29, 1.82) is 0 Å². The van der Waals surface area contributed by atoms with Crippen molar-refractivity contribution in [2.24, 2.45) is 0 Å². The maximum absolute atomic E-state index is 12.2. The molecular formula is C15H17Cl2N3O2. The van der Waals surface area contributed by atoms with E-state index in [2.05, 4.69) is 10.4 Å². The summed E-state index contributed by atoms with van der Waals surface area (Å²) in [6, 6.07) is 6.47. The first-order valence-corrected chi connectivity index (χ1v) is 7.65. The lowest BCUT2D eigenvalue weighted by Crippen LogP contribution is -2.37. The minimum absolute atomic E-state index is 0.106. The van der Waals surface area contributed by atoms with Crippen LogP contribution in [0.5, 0.6) is 0 Å². The Morgan fingerprint density at radius 2 is 2.14 bits per heavy atom. The maximum Gasteiger partial charge on any atom is 0.272 e. The van der Waals surface area contributed by atoms with Crippen molar-refractivity contribution < 1.29 is 9.90 Å². The van der Waals surface area contributed by atoms with E-state index in [0.29, 0.717) is 22.2 Å². The summed E-state index contributed by atoms with van der Waals surface area (Å²) in [4.78, 5) is 12.2. The van der Waals surface area contributed by atoms with Gasteiger partial charge in [-0.25, -0.2) is 4.68 Å². The highest BCUT2D eigenvalue weighted by atomic mass is 35.5. The molecule has 22 heavy (non-hydrogen) atoms. The molecule has 1 amide bonds. The Kier molecular flexibility index (Phi) is 5.45. The first-order valence-electron chi connectivity index (χ1n) is 6.90. The van der Waals surface area contributed by atoms with Gasteiger partial charge in [0.2, 0.25) is 0 Å². The van der Waals surface area contributed by atoms with Gasteiger partial charge in [-0.05, 0) is 37.6 Å². The molecule has 2 aromatic rings. The van der Waals surface area contributed by atoms with Crippen molar-refractivity contribution in [3.63, 3.8) is 0 Å². The van der Waals surface area contributed by atoms with Gasteiger partial charge in [-0.3, -0.25) is 4.79 Å². The van der Waals surface area contributed by atoms with Crippen LogP contribution in [0.15, 0.2) is 24.3 Å². The molecule has 0 radical (unpaired) electrons. The fraction of sp³-hybridized carbons (Fsp3) is 0.333. The molecule has 0 aliphatic heterocycles. The highest BCUT2D eigenvalue weighted by Crippen LogP contribution is 2.25. The van der Waals surface area contributed by atoms with Gasteiger partial charge in [-0.15, -0.1) is 0 Å². The average molecular weight is 342 g/mol. The number of aryl methyl sites for hydroxylation is 1. The summed E-state index contributed by atoms with van der Waals surface area (Å²) in [5.41, 5.74) is 1.69. The second-order valence-corrected chi connectivity index (χ2v) is 5.78. The second-order valence-electron chi connectivity index (χ2n) is 4.94. The number of aliphatic hydroxyl groups excluding tert-OH is 1. The van der Waals surface area contributed by atoms with E-state index < -0.39 is 0 Å². The Balaban J connectivity index is 2.30. The number of amides is 1. The molecule has 0 bridgehead atoms. The lowest BCUT2D eigenvalue weighted by molar-refractivity contribution is 0.0909. The lowest BCUT2D eigenvalue weighted by Gasteiger charge is -2.12. The van der Waals surface area contributed by atoms with Crippen LogP contribution in [-0.2, 0) is 0 Å². The molecule has 1 heterocycles. The summed E-state index contributed by atoms with van der Waals surface area (Å²) in [5, 5.41) is 17.2. The number of carbonyl (C=O) groups excluding carboxylic acids is 1. The number of carbonyl (C=O) groups is 1. The van der Waals surface area contributed by atoms with Crippen LogP contribution >= 0.6 is 23.2 Å². The molecule has 5 nitrogen and oxygen atoms in total. The predicted octanol–water partition coefficient (Wildman–Crippen LogP) is 2.99. The predicted molar refractivity (Wildman–Crippen MR) is 87.0 cm³/mol. The van der Waals surface area contributed by atoms with Gasteiger partial charge >= 0.3 is 0 Å². The van der Waals surface area contributed by atoms with Gasteiger partial charge in [0, 0.05) is 10.7 Å². The number of hydrogen-bond acceptors (Lipinski definition) is 3. The summed E-state index contributed by atoms with van der Waals surface area (Å²) in [6.45, 7) is 3.61. The van der Waals surface area contributed by atoms with E-state index in [-0.39, 0.29) is 24.2 Å². The number of aliphatic hydroxyl groups is 1. The molecule has 2 rings (SSSR count). The highest BCUT2D eigenvalue weighted by molar-refractivity contribution is 6.35. The van der Waals surface area contributed by atoms with E-state index >= 15 is 0 Å². The first kappa shape index (κ1) is 16.8. The third kappa shape index (κ3) is 3.61. The van der Waals surface area contributed by atoms with Crippen LogP contribution < -0.4 is 5.32 Å². The van der Waals surface area contributed by atoms with Crippen LogP contribution in [0.2, 0.25) is 10.0 Å². The van der Waals surface area contributed by atoms with E-state index in [1.807, 2.05) is 13.8 Å². The zero-order valence-electron chi connectivity index (χ0n) is 12.3. The normalized spacial score (nSPS) is 12.2. The van der Waals surface area contributed by atoms with Gasteiger partial charge in [0.15, 0.2) is 5.69 Å². The van der Waals surface area contributed by atoms with E-state index in [1.165, 1.54) is 0 Å². The number of aromatic nitrogens is 2. The molecule has 0 spiro atoms. The van der Waals surface area contributed by atoms with Crippen LogP contribution in [0.1, 0.15) is 29.5 Å². The average Bonchev–Trinajstić information content (AvgIpc) is 2.86. The zero-order chi connectivity index (χ0) is 16.3. The number of halogens is 2. The fourth-order valence-corrected chi connectivity index (χ4v) is 2.51. The molecule has 1 atom stereocenters. The molecule has 118 valence electrons. The number of nitrogens with one attached hydrogen (secondary N) is 1. The van der Waals surface area contributed by atoms with Crippen molar-refractivity contribution in [3.05, 3.63) is 45.7 Å². The second kappa shape index (κ2) is 7.13. The molecule has 1 aromatic carbocycles. The smallest absolute Gasteiger partial charge is 0.272 e. The molecule has 1 unspecified atom stereocenters. The number of benzene rings is 1. The topological polar surface area (TPSA) is 67.2 Å². The van der Waals surface area contributed by atoms with Crippen molar-refractivity contribution in [3.8, 4) is 5.69 Å². The molecule has 0 fully saturated rings. The molecule has 0 saturated carbocycles. The van der Waals surface area contributed by atoms with Crippen molar-refractivity contribution in [2.45, 2.75) is 26.3 Å². The quantitative estimate of drug-likeness (QED) is 0.878. The van der Waals surface area contributed by atoms with Gasteiger partial charge in [0.25, 0.3) is 5.91 Å². The van der Waals surface area contributed by atoms with E-state index in [4.69, 9.17) is 28.3 Å². The minimum atomic E-state index is -0.326. The summed E-state index contributed by atoms with van der Waals surface area (Å²) in [5.74, 6) is -0.326. The fourth-order valence-electron chi connectivity index (χ4n) is 2.02. The molecule has 0 aliphatic rings. The Morgan fingerprint density at radius 3 is 2.73 bits per heavy atom. The van der Waals surface area contributed by atoms with Gasteiger partial charge in [0.05, 0.1) is 23.4 Å². The SMILES string of the molecule is CCC(CO)NC(=O)c1cc(C)n(-c2ccc(Cl)cc2Cl)n1. The van der Waals surface area contributed by atoms with Gasteiger partial charge in [-0.2, -0.15) is 5.10 Å². The standard InChI is InChI=1S/C15H17Cl2N3O2/c1-3-11(8-21)18-15(22)13-6-9(2)20(19-13)14-5-4-10(16)7-12(14)17/h4-7,11,21H,3,8H2,1-2H3,(H,18,22). The molecule has 2 N–H and O–H groups in total. The van der Waals surface area contributed by atoms with Crippen LogP contribution in [0, 0.1) is 6.92 Å². The van der Waals surface area contributed by atoms with Crippen molar-refractivity contribution in [2.75, 3.05) is 6.61 Å². The number of hydrogen-bond donors (Lipinski definition) is 2. The van der Waals surface area contributed by atoms with Gasteiger partial charge in [0.1, 0.15) is 0 Å². The zero-order valence-corrected chi connectivity index (χ0v) is 13.8. The third-order valence-electron chi connectivity index (χ3n) is 3.31. The summed E-state index contributed by atoms with van der Waals surface area (Å²) in [7, 11) is 0. The summed E-state index contributed by atoms with van der Waals surface area (Å²) < 4.78 is 1.59. The third-order valence-corrected chi connectivity index (χ3v) is 3.84. The maximum atomic E-state index is 12.2.